The van der Waals surface area contributed by atoms with Crippen LogP contribution in [0.2, 0.25) is 0 Å². The summed E-state index contributed by atoms with van der Waals surface area (Å²) in [6, 6.07) is 0. The summed E-state index contributed by atoms with van der Waals surface area (Å²) in [7, 11) is 0. The molecule has 0 aromatic heterocycles. The summed E-state index contributed by atoms with van der Waals surface area (Å²) in [6.07, 6.45) is 1.55. The molecule has 0 bridgehead atoms. The molecule has 136 valence electrons. The molecule has 0 saturated carbocycles. The first-order valence-electron chi connectivity index (χ1n) is 7.10. The molecule has 2 aromatic carbocycles. The summed E-state index contributed by atoms with van der Waals surface area (Å²) in [5.41, 5.74) is 57.8. The van der Waals surface area contributed by atoms with E-state index in [9.17, 15) is 0 Å². The zero-order chi connectivity index (χ0) is 19.0. The molecule has 0 aliphatic carbocycles. The first kappa shape index (κ1) is 18.4. The van der Waals surface area contributed by atoms with E-state index in [2.05, 4.69) is 6.58 Å². The van der Waals surface area contributed by atoms with Gasteiger partial charge in [0.05, 0.1) is 0 Å². The number of benzene rings is 2. The van der Waals surface area contributed by atoms with Crippen molar-refractivity contribution >= 4 is 57.3 Å². The van der Waals surface area contributed by atoms with Gasteiger partial charge in [0, 0.05) is 0 Å². The molecule has 2 rings (SSSR count). The fourth-order valence-electron chi connectivity index (χ4n) is 2.36. The van der Waals surface area contributed by atoms with E-state index in [1.165, 1.54) is 0 Å². The van der Waals surface area contributed by atoms with E-state index in [0.717, 1.165) is 3.57 Å². The van der Waals surface area contributed by atoms with Gasteiger partial charge in [-0.1, -0.05) is 0 Å². The number of rotatable bonds is 4. The van der Waals surface area contributed by atoms with Crippen molar-refractivity contribution in [3.63, 3.8) is 0 Å². The summed E-state index contributed by atoms with van der Waals surface area (Å²) in [6.45, 7) is 3.71. The van der Waals surface area contributed by atoms with Crippen LogP contribution in [0.1, 0.15) is 11.1 Å². The Hall–Kier alpha value is -2.89. The number of hydrogen-bond acceptors (Lipinski definition) is 9. The number of nitrogens with two attached hydrogens (primary N) is 9. The Balaban J connectivity index is 2.51. The minimum absolute atomic E-state index is 0.182. The third-order valence-corrected chi connectivity index (χ3v) is 7.05. The van der Waals surface area contributed by atoms with Crippen molar-refractivity contribution in [2.75, 3.05) is 51.6 Å². The van der Waals surface area contributed by atoms with Gasteiger partial charge in [0.1, 0.15) is 0 Å². The van der Waals surface area contributed by atoms with Gasteiger partial charge in [0.15, 0.2) is 0 Å². The van der Waals surface area contributed by atoms with Crippen molar-refractivity contribution < 1.29 is 21.2 Å². The Morgan fingerprint density at radius 2 is 1.04 bits per heavy atom. The quantitative estimate of drug-likeness (QED) is 0.130. The van der Waals surface area contributed by atoms with E-state index >= 15 is 0 Å². The average molecular weight is 456 g/mol. The zero-order valence-corrected chi connectivity index (χ0v) is 15.7. The number of nitrogen functional groups attached to an aromatic ring is 9. The monoisotopic (exact) mass is 456 g/mol. The van der Waals surface area contributed by atoms with Crippen LogP contribution in [0.4, 0.5) is 51.2 Å². The van der Waals surface area contributed by atoms with Crippen LogP contribution in [-0.4, -0.2) is 0 Å². The number of alkyl halides is 1. The topological polar surface area (TPSA) is 234 Å². The Morgan fingerprint density at radius 1 is 0.600 bits per heavy atom. The first-order chi connectivity index (χ1) is 11.6. The second kappa shape index (κ2) is 6.55. The zero-order valence-electron chi connectivity index (χ0n) is 13.6. The molecule has 0 radical (unpaired) electrons. The van der Waals surface area contributed by atoms with Crippen LogP contribution in [0.5, 0.6) is 0 Å². The molecule has 0 unspecified atom stereocenters. The van der Waals surface area contributed by atoms with Crippen molar-refractivity contribution in [1.82, 2.24) is 0 Å². The standard InChI is InChI=1S/C15H23IN9/c1-2-4-7(17)6(11(21)12(22)8(4)18)16-3-5-9(19)13(23)15(25)14(24)10(5)20/h2H,1,3,17-25H2/q-1. The molecule has 0 spiro atoms. The third kappa shape index (κ3) is 2.84. The van der Waals surface area contributed by atoms with Crippen molar-refractivity contribution in [3.8, 4) is 0 Å². The predicted molar refractivity (Wildman–Crippen MR) is 105 cm³/mol. The van der Waals surface area contributed by atoms with E-state index in [1.807, 2.05) is 0 Å². The maximum absolute atomic E-state index is 6.20. The Kier molecular flexibility index (Phi) is 4.83. The molecule has 2 aromatic rings. The molecule has 0 heterocycles. The number of anilines is 9. The van der Waals surface area contributed by atoms with E-state index in [1.54, 1.807) is 6.08 Å². The number of halogens is 1. The fourth-order valence-corrected chi connectivity index (χ4v) is 5.35. The van der Waals surface area contributed by atoms with E-state index in [4.69, 9.17) is 51.6 Å². The number of hydrogen-bond donors (Lipinski definition) is 9. The molecule has 0 saturated heterocycles. The summed E-state index contributed by atoms with van der Waals surface area (Å²) in [5, 5.41) is 0. The van der Waals surface area contributed by atoms with E-state index in [0.29, 0.717) is 44.0 Å². The van der Waals surface area contributed by atoms with Crippen molar-refractivity contribution in [3.05, 3.63) is 21.3 Å². The summed E-state index contributed by atoms with van der Waals surface area (Å²) < 4.78 is 1.24. The molecule has 0 amide bonds. The summed E-state index contributed by atoms with van der Waals surface area (Å²) in [5.74, 6) is 0. The summed E-state index contributed by atoms with van der Waals surface area (Å²) in [4.78, 5) is 0. The van der Waals surface area contributed by atoms with E-state index < -0.39 is 21.2 Å². The van der Waals surface area contributed by atoms with Crippen LogP contribution in [0.3, 0.4) is 0 Å². The summed E-state index contributed by atoms with van der Waals surface area (Å²) >= 11 is -0.762. The van der Waals surface area contributed by atoms with Crippen LogP contribution in [0.25, 0.3) is 6.08 Å². The van der Waals surface area contributed by atoms with E-state index in [-0.39, 0.29) is 22.7 Å². The van der Waals surface area contributed by atoms with Gasteiger partial charge < -0.3 is 0 Å². The van der Waals surface area contributed by atoms with Crippen molar-refractivity contribution in [1.29, 1.82) is 0 Å². The normalized spacial score (nSPS) is 10.9. The first-order valence-corrected chi connectivity index (χ1v) is 9.71. The molecule has 18 N–H and O–H groups in total. The van der Waals surface area contributed by atoms with Gasteiger partial charge in [-0.3, -0.25) is 0 Å². The maximum atomic E-state index is 6.20. The molecular weight excluding hydrogens is 433 g/mol. The minimum atomic E-state index is -0.762. The molecule has 0 fully saturated rings. The Bertz CT molecular complexity index is 848. The second-order valence-corrected chi connectivity index (χ2v) is 8.01. The Labute approximate surface area is 155 Å². The molecule has 10 heteroatoms. The van der Waals surface area contributed by atoms with Crippen LogP contribution in [0.15, 0.2) is 6.58 Å². The second-order valence-electron chi connectivity index (χ2n) is 5.40. The van der Waals surface area contributed by atoms with Crippen LogP contribution >= 0.6 is 0 Å². The van der Waals surface area contributed by atoms with Gasteiger partial charge in [-0.2, -0.15) is 0 Å². The molecule has 0 aliphatic heterocycles. The fraction of sp³-hybridized carbons (Fsp3) is 0.0667. The SMILES string of the molecule is C=Cc1c(N)c(N)c(N)c([I-]Cc2c(N)c(N)c(N)c(N)c2N)c1N. The molecule has 0 atom stereocenters. The van der Waals surface area contributed by atoms with Crippen LogP contribution < -0.4 is 72.8 Å². The van der Waals surface area contributed by atoms with Gasteiger partial charge in [0.25, 0.3) is 0 Å². The Morgan fingerprint density at radius 3 is 1.52 bits per heavy atom. The molecule has 9 nitrogen and oxygen atoms in total. The van der Waals surface area contributed by atoms with Gasteiger partial charge in [-0.05, 0) is 0 Å². The van der Waals surface area contributed by atoms with Crippen molar-refractivity contribution in [2.24, 2.45) is 0 Å². The van der Waals surface area contributed by atoms with Gasteiger partial charge in [-0.15, -0.1) is 0 Å². The van der Waals surface area contributed by atoms with Crippen molar-refractivity contribution in [2.45, 2.75) is 4.43 Å². The molecule has 25 heavy (non-hydrogen) atoms. The third-order valence-electron chi connectivity index (χ3n) is 3.98. The van der Waals surface area contributed by atoms with Crippen LogP contribution in [0, 0.1) is 3.57 Å². The molecular formula is C15H23IN9-. The molecule has 0 aliphatic rings. The van der Waals surface area contributed by atoms with Crippen LogP contribution in [-0.2, 0) is 4.43 Å². The average Bonchev–Trinajstić information content (AvgIpc) is 2.59. The van der Waals surface area contributed by atoms with Gasteiger partial charge >= 0.3 is 156 Å². The predicted octanol–water partition coefficient (Wildman–Crippen LogP) is -2.97. The van der Waals surface area contributed by atoms with Gasteiger partial charge in [0.2, 0.25) is 0 Å². The van der Waals surface area contributed by atoms with Gasteiger partial charge in [-0.25, -0.2) is 0 Å².